The van der Waals surface area contributed by atoms with Crippen LogP contribution < -0.4 is 10.7 Å². The lowest BCUT2D eigenvalue weighted by Crippen LogP contribution is -2.26. The number of carbonyl (C=O) groups excluding carboxylic acids is 1. The lowest BCUT2D eigenvalue weighted by molar-refractivity contribution is 0.101. The van der Waals surface area contributed by atoms with Gasteiger partial charge in [-0.3, -0.25) is 14.3 Å². The van der Waals surface area contributed by atoms with Gasteiger partial charge in [-0.2, -0.15) is 5.10 Å². The third-order valence-corrected chi connectivity index (χ3v) is 5.15. The Balaban J connectivity index is 1.75. The average Bonchev–Trinajstić information content (AvgIpc) is 2.97. The zero-order chi connectivity index (χ0) is 18.4. The van der Waals surface area contributed by atoms with Crippen LogP contribution in [0, 0.1) is 6.92 Å². The highest BCUT2D eigenvalue weighted by molar-refractivity contribution is 7.18. The molecule has 0 saturated carbocycles. The van der Waals surface area contributed by atoms with E-state index in [0.717, 1.165) is 15.2 Å². The number of amides is 1. The van der Waals surface area contributed by atoms with E-state index >= 15 is 0 Å². The Morgan fingerprint density at radius 2 is 2.04 bits per heavy atom. The second-order valence-electron chi connectivity index (χ2n) is 5.83. The van der Waals surface area contributed by atoms with Crippen LogP contribution in [0.1, 0.15) is 15.5 Å². The first kappa shape index (κ1) is 16.7. The number of benzene rings is 2. The molecule has 26 heavy (non-hydrogen) atoms. The number of halogens is 1. The predicted molar refractivity (Wildman–Crippen MR) is 104 cm³/mol. The summed E-state index contributed by atoms with van der Waals surface area (Å²) in [4.78, 5) is 29.7. The Morgan fingerprint density at radius 3 is 2.85 bits per heavy atom. The molecule has 0 unspecified atom stereocenters. The highest BCUT2D eigenvalue weighted by Gasteiger charge is 2.17. The van der Waals surface area contributed by atoms with Crippen LogP contribution in [0.5, 0.6) is 0 Å². The number of aromatic nitrogens is 3. The number of nitrogens with one attached hydrogen (secondary N) is 1. The first-order valence-corrected chi connectivity index (χ1v) is 8.97. The van der Waals surface area contributed by atoms with Crippen molar-refractivity contribution < 1.29 is 4.79 Å². The summed E-state index contributed by atoms with van der Waals surface area (Å²) in [5.41, 5.74) is 1.44. The Kier molecular flexibility index (Phi) is 3.97. The smallest absolute Gasteiger partial charge is 0.280 e. The molecule has 0 atom stereocenters. The molecule has 2 aromatic heterocycles. The Morgan fingerprint density at radius 1 is 1.23 bits per heavy atom. The van der Waals surface area contributed by atoms with E-state index in [1.807, 2.05) is 19.1 Å². The van der Waals surface area contributed by atoms with E-state index in [1.54, 1.807) is 31.3 Å². The lowest BCUT2D eigenvalue weighted by atomic mass is 10.2. The Bertz CT molecular complexity index is 1250. The van der Waals surface area contributed by atoms with E-state index < -0.39 is 11.3 Å². The van der Waals surface area contributed by atoms with E-state index in [-0.39, 0.29) is 5.69 Å². The van der Waals surface area contributed by atoms with Crippen LogP contribution in [-0.4, -0.2) is 20.7 Å². The predicted octanol–water partition coefficient (Wildman–Crippen LogP) is 3.76. The van der Waals surface area contributed by atoms with Gasteiger partial charge in [0.2, 0.25) is 5.43 Å². The van der Waals surface area contributed by atoms with Crippen molar-refractivity contribution in [1.29, 1.82) is 0 Å². The molecule has 0 aliphatic carbocycles. The summed E-state index contributed by atoms with van der Waals surface area (Å²) >= 11 is 7.53. The van der Waals surface area contributed by atoms with Crippen LogP contribution in [-0.2, 0) is 7.05 Å². The van der Waals surface area contributed by atoms with Gasteiger partial charge in [0, 0.05) is 17.8 Å². The van der Waals surface area contributed by atoms with Gasteiger partial charge in [-0.05, 0) is 43.3 Å². The summed E-state index contributed by atoms with van der Waals surface area (Å²) in [5, 5.41) is 8.60. The number of hydrogen-bond donors (Lipinski definition) is 1. The minimum atomic E-state index is -0.562. The first-order chi connectivity index (χ1) is 12.4. The number of carbonyl (C=O) groups is 1. The maximum atomic E-state index is 12.7. The normalized spacial score (nSPS) is 11.2. The highest BCUT2D eigenvalue weighted by Crippen LogP contribution is 2.25. The summed E-state index contributed by atoms with van der Waals surface area (Å²) in [5.74, 6) is -0.562. The molecule has 6 nitrogen and oxygen atoms in total. The zero-order valence-corrected chi connectivity index (χ0v) is 15.5. The molecule has 0 fully saturated rings. The largest absolute Gasteiger partial charge is 0.320 e. The van der Waals surface area contributed by atoms with Crippen LogP contribution in [0.15, 0.2) is 41.2 Å². The van der Waals surface area contributed by atoms with Crippen molar-refractivity contribution >= 4 is 55.7 Å². The maximum absolute atomic E-state index is 12.7. The van der Waals surface area contributed by atoms with Gasteiger partial charge in [0.1, 0.15) is 0 Å². The number of anilines is 1. The fraction of sp³-hybridized carbons (Fsp3) is 0.111. The summed E-state index contributed by atoms with van der Waals surface area (Å²) in [7, 11) is 1.68. The van der Waals surface area contributed by atoms with Crippen LogP contribution >= 0.6 is 22.9 Å². The summed E-state index contributed by atoms with van der Waals surface area (Å²) in [6.07, 6.45) is 0. The Hall–Kier alpha value is -2.77. The molecule has 1 amide bonds. The van der Waals surface area contributed by atoms with Gasteiger partial charge in [-0.15, -0.1) is 11.3 Å². The molecule has 4 aromatic rings. The molecule has 130 valence electrons. The van der Waals surface area contributed by atoms with E-state index in [1.165, 1.54) is 16.0 Å². The van der Waals surface area contributed by atoms with Gasteiger partial charge in [-0.25, -0.2) is 4.98 Å². The minimum absolute atomic E-state index is 0.178. The second-order valence-corrected chi connectivity index (χ2v) is 7.50. The van der Waals surface area contributed by atoms with Crippen molar-refractivity contribution in [1.82, 2.24) is 14.8 Å². The molecule has 4 rings (SSSR count). The molecule has 2 aromatic carbocycles. The molecule has 8 heteroatoms. The molecule has 0 aliphatic rings. The summed E-state index contributed by atoms with van der Waals surface area (Å²) < 4.78 is 2.46. The summed E-state index contributed by atoms with van der Waals surface area (Å²) in [6, 6.07) is 10.3. The van der Waals surface area contributed by atoms with Crippen molar-refractivity contribution in [2.24, 2.45) is 7.05 Å². The third kappa shape index (κ3) is 2.85. The first-order valence-electron chi connectivity index (χ1n) is 7.77. The molecular weight excluding hydrogens is 372 g/mol. The maximum Gasteiger partial charge on any atom is 0.280 e. The fourth-order valence-electron chi connectivity index (χ4n) is 2.81. The molecule has 0 aliphatic heterocycles. The number of nitrogens with zero attached hydrogens (tertiary/aromatic N) is 3. The molecule has 0 bridgehead atoms. The van der Waals surface area contributed by atoms with E-state index in [0.29, 0.717) is 21.6 Å². The van der Waals surface area contributed by atoms with E-state index in [2.05, 4.69) is 15.4 Å². The lowest BCUT2D eigenvalue weighted by Gasteiger charge is -2.09. The number of aryl methyl sites for hydroxylation is 2. The van der Waals surface area contributed by atoms with Crippen molar-refractivity contribution in [3.05, 3.63) is 62.3 Å². The van der Waals surface area contributed by atoms with E-state index in [9.17, 15) is 9.59 Å². The Labute approximate surface area is 157 Å². The zero-order valence-electron chi connectivity index (χ0n) is 13.9. The van der Waals surface area contributed by atoms with Gasteiger partial charge in [0.25, 0.3) is 5.91 Å². The van der Waals surface area contributed by atoms with Gasteiger partial charge in [0.15, 0.2) is 5.69 Å². The topological polar surface area (TPSA) is 76.9 Å². The SMILES string of the molecule is Cc1nc2ccc(NC(=O)c3nn(C)c4ccc(Cl)cc4c3=O)cc2s1. The number of rotatable bonds is 2. The van der Waals surface area contributed by atoms with Crippen LogP contribution in [0.2, 0.25) is 5.02 Å². The van der Waals surface area contributed by atoms with Crippen molar-refractivity contribution in [2.75, 3.05) is 5.32 Å². The third-order valence-electron chi connectivity index (χ3n) is 3.99. The quantitative estimate of drug-likeness (QED) is 0.571. The van der Waals surface area contributed by atoms with Crippen molar-refractivity contribution in [2.45, 2.75) is 6.92 Å². The molecule has 1 N–H and O–H groups in total. The van der Waals surface area contributed by atoms with Crippen molar-refractivity contribution in [3.8, 4) is 0 Å². The van der Waals surface area contributed by atoms with Crippen LogP contribution in [0.4, 0.5) is 5.69 Å². The molecular formula is C18H13ClN4O2S. The monoisotopic (exact) mass is 384 g/mol. The minimum Gasteiger partial charge on any atom is -0.320 e. The molecule has 0 spiro atoms. The van der Waals surface area contributed by atoms with Crippen LogP contribution in [0.3, 0.4) is 0 Å². The number of hydrogen-bond acceptors (Lipinski definition) is 5. The average molecular weight is 385 g/mol. The fourth-order valence-corrected chi connectivity index (χ4v) is 3.84. The van der Waals surface area contributed by atoms with Crippen LogP contribution in [0.25, 0.3) is 21.1 Å². The molecule has 0 saturated heterocycles. The van der Waals surface area contributed by atoms with Gasteiger partial charge in [-0.1, -0.05) is 11.6 Å². The van der Waals surface area contributed by atoms with Crippen molar-refractivity contribution in [3.63, 3.8) is 0 Å². The van der Waals surface area contributed by atoms with E-state index in [4.69, 9.17) is 11.6 Å². The molecule has 0 radical (unpaired) electrons. The molecule has 2 heterocycles. The number of thiazole rings is 1. The van der Waals surface area contributed by atoms with Gasteiger partial charge in [0.05, 0.1) is 26.1 Å². The standard InChI is InChI=1S/C18H13ClN4O2S/c1-9-20-13-5-4-11(8-15(13)26-9)21-18(25)16-17(24)12-7-10(19)3-6-14(12)23(2)22-16/h3-8H,1-2H3,(H,21,25). The summed E-state index contributed by atoms with van der Waals surface area (Å²) in [6.45, 7) is 1.93. The van der Waals surface area contributed by atoms with Gasteiger partial charge < -0.3 is 5.32 Å². The van der Waals surface area contributed by atoms with Gasteiger partial charge >= 0.3 is 0 Å². The second kappa shape index (κ2) is 6.19. The number of fused-ring (bicyclic) bond motifs is 2. The highest BCUT2D eigenvalue weighted by atomic mass is 35.5.